The van der Waals surface area contributed by atoms with Crippen molar-refractivity contribution in [2.45, 2.75) is 37.1 Å². The molecule has 0 bridgehead atoms. The van der Waals surface area contributed by atoms with Gasteiger partial charge < -0.3 is 4.90 Å². The van der Waals surface area contributed by atoms with E-state index >= 15 is 0 Å². The highest BCUT2D eigenvalue weighted by molar-refractivity contribution is 8.00. The normalized spacial score (nSPS) is 15.9. The molecule has 1 aromatic carbocycles. The Kier molecular flexibility index (Phi) is 6.39. The van der Waals surface area contributed by atoms with E-state index in [1.54, 1.807) is 12.4 Å². The fourth-order valence-corrected chi connectivity index (χ4v) is 4.63. The summed E-state index contributed by atoms with van der Waals surface area (Å²) >= 11 is 7.52. The third-order valence-corrected chi connectivity index (χ3v) is 6.66. The van der Waals surface area contributed by atoms with Gasteiger partial charge >= 0.3 is 0 Å². The van der Waals surface area contributed by atoms with Crippen LogP contribution in [0.15, 0.2) is 53.9 Å². The van der Waals surface area contributed by atoms with Crippen LogP contribution in [-0.2, 0) is 4.79 Å². The van der Waals surface area contributed by atoms with E-state index in [4.69, 9.17) is 11.6 Å². The van der Waals surface area contributed by atoms with Gasteiger partial charge in [-0.05, 0) is 62.1 Å². The second-order valence-corrected chi connectivity index (χ2v) is 9.37. The average molecular weight is 442 g/mol. The molecule has 0 radical (unpaired) electrons. The van der Waals surface area contributed by atoms with E-state index in [0.717, 1.165) is 37.2 Å². The molecule has 1 atom stereocenters. The molecular weight excluding hydrogens is 418 g/mol. The van der Waals surface area contributed by atoms with Gasteiger partial charge in [0, 0.05) is 41.8 Å². The Balaban J connectivity index is 1.63. The Morgan fingerprint density at radius 2 is 1.77 bits per heavy atom. The second-order valence-electron chi connectivity index (χ2n) is 7.62. The van der Waals surface area contributed by atoms with Crippen LogP contribution in [0.2, 0.25) is 5.02 Å². The smallest absolute Gasteiger partial charge is 0.235 e. The maximum Gasteiger partial charge on any atom is 0.235 e. The summed E-state index contributed by atoms with van der Waals surface area (Å²) in [6.45, 7) is 5.85. The van der Waals surface area contributed by atoms with Crippen molar-refractivity contribution >= 4 is 29.3 Å². The predicted octanol–water partition coefficient (Wildman–Crippen LogP) is 4.72. The van der Waals surface area contributed by atoms with E-state index in [0.29, 0.717) is 21.9 Å². The molecule has 1 fully saturated rings. The summed E-state index contributed by atoms with van der Waals surface area (Å²) in [6.07, 6.45) is 5.59. The first-order chi connectivity index (χ1) is 14.5. The number of likely N-dealkylation sites (tertiary alicyclic amines) is 1. The highest BCUT2D eigenvalue weighted by atomic mass is 35.5. The van der Waals surface area contributed by atoms with Gasteiger partial charge in [0.1, 0.15) is 0 Å². The number of piperidine rings is 1. The van der Waals surface area contributed by atoms with Crippen molar-refractivity contribution in [2.24, 2.45) is 5.92 Å². The maximum absolute atomic E-state index is 13.0. The summed E-state index contributed by atoms with van der Waals surface area (Å²) in [4.78, 5) is 19.1. The third-order valence-electron chi connectivity index (χ3n) is 5.38. The highest BCUT2D eigenvalue weighted by Gasteiger charge is 2.27. The zero-order valence-electron chi connectivity index (χ0n) is 17.0. The van der Waals surface area contributed by atoms with Crippen LogP contribution >= 0.6 is 23.4 Å². The molecule has 1 unspecified atom stereocenters. The summed E-state index contributed by atoms with van der Waals surface area (Å²) in [7, 11) is 0. The molecule has 1 aliphatic rings. The van der Waals surface area contributed by atoms with E-state index in [9.17, 15) is 4.79 Å². The molecule has 0 saturated carbocycles. The third kappa shape index (κ3) is 4.52. The number of carbonyl (C=O) groups is 1. The lowest BCUT2D eigenvalue weighted by molar-refractivity contribution is -0.131. The lowest BCUT2D eigenvalue weighted by Gasteiger charge is -2.32. The van der Waals surface area contributed by atoms with Gasteiger partial charge in [0.15, 0.2) is 11.0 Å². The van der Waals surface area contributed by atoms with Crippen molar-refractivity contribution in [2.75, 3.05) is 13.1 Å². The molecule has 8 heteroatoms. The van der Waals surface area contributed by atoms with Crippen molar-refractivity contribution in [3.8, 4) is 17.1 Å². The van der Waals surface area contributed by atoms with E-state index in [1.807, 2.05) is 52.8 Å². The van der Waals surface area contributed by atoms with Crippen molar-refractivity contribution in [1.29, 1.82) is 0 Å². The highest BCUT2D eigenvalue weighted by Crippen LogP contribution is 2.31. The van der Waals surface area contributed by atoms with Gasteiger partial charge in [0.25, 0.3) is 0 Å². The summed E-state index contributed by atoms with van der Waals surface area (Å²) in [5.41, 5.74) is 1.80. The fourth-order valence-electron chi connectivity index (χ4n) is 3.55. The van der Waals surface area contributed by atoms with Crippen LogP contribution < -0.4 is 0 Å². The first-order valence-electron chi connectivity index (χ1n) is 10.1. The summed E-state index contributed by atoms with van der Waals surface area (Å²) in [5, 5.41) is 9.94. The Morgan fingerprint density at radius 3 is 2.43 bits per heavy atom. The van der Waals surface area contributed by atoms with E-state index in [1.165, 1.54) is 11.8 Å². The van der Waals surface area contributed by atoms with Gasteiger partial charge in [-0.3, -0.25) is 14.3 Å². The number of aromatic nitrogens is 4. The van der Waals surface area contributed by atoms with Gasteiger partial charge in [-0.25, -0.2) is 0 Å². The number of amides is 1. The van der Waals surface area contributed by atoms with Crippen molar-refractivity contribution < 1.29 is 4.79 Å². The number of thioether (sulfide) groups is 1. The molecule has 156 valence electrons. The van der Waals surface area contributed by atoms with Crippen LogP contribution in [0.1, 0.15) is 26.7 Å². The molecule has 0 aliphatic carbocycles. The quantitative estimate of drug-likeness (QED) is 0.536. The molecule has 0 spiro atoms. The van der Waals surface area contributed by atoms with Crippen LogP contribution in [-0.4, -0.2) is 48.9 Å². The average Bonchev–Trinajstić information content (AvgIpc) is 3.18. The molecule has 4 rings (SSSR count). The van der Waals surface area contributed by atoms with Gasteiger partial charge in [-0.2, -0.15) is 0 Å². The molecule has 2 aromatic heterocycles. The van der Waals surface area contributed by atoms with Crippen molar-refractivity contribution in [3.63, 3.8) is 0 Å². The number of halogens is 1. The topological polar surface area (TPSA) is 63.9 Å². The van der Waals surface area contributed by atoms with Gasteiger partial charge in [-0.15, -0.1) is 10.2 Å². The SMILES string of the molecule is CC1CCN(C(=O)C(C)Sc2nnc(-c3ccncc3)n2-c2ccc(Cl)cc2)CC1. The number of carbonyl (C=O) groups excluding carboxylic acids is 1. The standard InChI is InChI=1S/C22H24ClN5OS/c1-15-9-13-27(14-10-15)21(29)16(2)30-22-26-25-20(17-7-11-24-12-8-17)28(22)19-5-3-18(23)4-6-19/h3-8,11-12,15-16H,9-10,13-14H2,1-2H3. The van der Waals surface area contributed by atoms with E-state index < -0.39 is 0 Å². The lowest BCUT2D eigenvalue weighted by atomic mass is 9.99. The zero-order chi connectivity index (χ0) is 21.1. The fraction of sp³-hybridized carbons (Fsp3) is 0.364. The minimum atomic E-state index is -0.251. The summed E-state index contributed by atoms with van der Waals surface area (Å²) in [5.74, 6) is 1.55. The van der Waals surface area contributed by atoms with Crippen LogP contribution in [0.5, 0.6) is 0 Å². The molecule has 1 saturated heterocycles. The van der Waals surface area contributed by atoms with Crippen LogP contribution in [0, 0.1) is 5.92 Å². The first kappa shape index (κ1) is 20.9. The molecule has 0 N–H and O–H groups in total. The Morgan fingerprint density at radius 1 is 1.10 bits per heavy atom. The first-order valence-corrected chi connectivity index (χ1v) is 11.4. The number of benzene rings is 1. The largest absolute Gasteiger partial charge is 0.342 e. The molecule has 30 heavy (non-hydrogen) atoms. The number of hydrogen-bond donors (Lipinski definition) is 0. The van der Waals surface area contributed by atoms with Gasteiger partial charge in [-0.1, -0.05) is 30.3 Å². The van der Waals surface area contributed by atoms with E-state index in [-0.39, 0.29) is 11.2 Å². The van der Waals surface area contributed by atoms with Gasteiger partial charge in [0.05, 0.1) is 5.25 Å². The number of nitrogens with zero attached hydrogens (tertiary/aromatic N) is 5. The Labute approximate surface area is 185 Å². The molecule has 3 heterocycles. The zero-order valence-corrected chi connectivity index (χ0v) is 18.6. The second kappa shape index (κ2) is 9.18. The molecular formula is C22H24ClN5OS. The molecule has 1 aliphatic heterocycles. The number of pyridine rings is 1. The van der Waals surface area contributed by atoms with Crippen LogP contribution in [0.25, 0.3) is 17.1 Å². The van der Waals surface area contributed by atoms with E-state index in [2.05, 4.69) is 22.1 Å². The van der Waals surface area contributed by atoms with Crippen LogP contribution in [0.4, 0.5) is 0 Å². The van der Waals surface area contributed by atoms with Gasteiger partial charge in [0.2, 0.25) is 5.91 Å². The minimum Gasteiger partial charge on any atom is -0.342 e. The lowest BCUT2D eigenvalue weighted by Crippen LogP contribution is -2.41. The molecule has 3 aromatic rings. The minimum absolute atomic E-state index is 0.156. The Hall–Kier alpha value is -2.38. The number of hydrogen-bond acceptors (Lipinski definition) is 5. The molecule has 6 nitrogen and oxygen atoms in total. The number of rotatable bonds is 5. The molecule has 1 amide bonds. The summed E-state index contributed by atoms with van der Waals surface area (Å²) in [6, 6.07) is 11.3. The van der Waals surface area contributed by atoms with Crippen molar-refractivity contribution in [3.05, 3.63) is 53.8 Å². The summed E-state index contributed by atoms with van der Waals surface area (Å²) < 4.78 is 1.97. The Bertz CT molecular complexity index is 1000. The monoisotopic (exact) mass is 441 g/mol. The maximum atomic E-state index is 13.0. The van der Waals surface area contributed by atoms with Crippen LogP contribution in [0.3, 0.4) is 0 Å². The predicted molar refractivity (Wildman–Crippen MR) is 120 cm³/mol. The van der Waals surface area contributed by atoms with Crippen molar-refractivity contribution in [1.82, 2.24) is 24.6 Å².